The number of rotatable bonds is 4. The quantitative estimate of drug-likeness (QED) is 0.526. The van der Waals surface area contributed by atoms with Crippen LogP contribution >= 0.6 is 11.6 Å². The Kier molecular flexibility index (Phi) is 4.85. The van der Waals surface area contributed by atoms with Crippen molar-refractivity contribution in [3.63, 3.8) is 0 Å². The van der Waals surface area contributed by atoms with Gasteiger partial charge in [-0.05, 0) is 30.3 Å². The van der Waals surface area contributed by atoms with Crippen LogP contribution in [0.25, 0.3) is 0 Å². The van der Waals surface area contributed by atoms with Crippen molar-refractivity contribution < 1.29 is 9.72 Å². The second-order valence-electron chi connectivity index (χ2n) is 4.45. The second kappa shape index (κ2) is 6.82. The lowest BCUT2D eigenvalue weighted by molar-refractivity contribution is -0.384. The first-order valence-electron chi connectivity index (χ1n) is 6.31. The predicted molar refractivity (Wildman–Crippen MR) is 86.1 cm³/mol. The van der Waals surface area contributed by atoms with Gasteiger partial charge in [0.25, 0.3) is 5.69 Å². The van der Waals surface area contributed by atoms with Gasteiger partial charge in [0.15, 0.2) is 0 Å². The summed E-state index contributed by atoms with van der Waals surface area (Å²) in [5.41, 5.74) is 1.71. The molecule has 1 amide bonds. The standard InChI is InChI=1S/C15H12ClN3O3/c1-10(20)18-13-4-2-12(3-5-13)17-9-11-8-14(19(21)22)6-7-15(11)16/h2-9H,1H3,(H,18,20). The molecule has 2 aromatic rings. The molecule has 1 N–H and O–H groups in total. The van der Waals surface area contributed by atoms with Crippen molar-refractivity contribution in [1.29, 1.82) is 0 Å². The number of nitrogens with one attached hydrogen (secondary N) is 1. The van der Waals surface area contributed by atoms with Gasteiger partial charge < -0.3 is 5.32 Å². The molecule has 0 unspecified atom stereocenters. The molecular formula is C15H12ClN3O3. The fourth-order valence-corrected chi connectivity index (χ4v) is 1.89. The van der Waals surface area contributed by atoms with Crippen LogP contribution in [0.3, 0.4) is 0 Å². The van der Waals surface area contributed by atoms with Gasteiger partial charge in [-0.2, -0.15) is 0 Å². The number of amides is 1. The first-order valence-corrected chi connectivity index (χ1v) is 6.69. The van der Waals surface area contributed by atoms with Crippen LogP contribution in [0.4, 0.5) is 17.1 Å². The summed E-state index contributed by atoms with van der Waals surface area (Å²) >= 11 is 5.99. The number of non-ortho nitro benzene ring substituents is 1. The Bertz CT molecular complexity index is 742. The van der Waals surface area contributed by atoms with Gasteiger partial charge in [0, 0.05) is 41.5 Å². The van der Waals surface area contributed by atoms with Crippen LogP contribution in [0.15, 0.2) is 47.5 Å². The Morgan fingerprint density at radius 1 is 1.27 bits per heavy atom. The van der Waals surface area contributed by atoms with Crippen molar-refractivity contribution in [2.75, 3.05) is 5.32 Å². The number of anilines is 1. The number of benzene rings is 2. The Balaban J connectivity index is 2.19. The minimum absolute atomic E-state index is 0.0492. The van der Waals surface area contributed by atoms with Gasteiger partial charge >= 0.3 is 0 Å². The molecule has 0 saturated heterocycles. The molecule has 0 saturated carbocycles. The molecule has 0 heterocycles. The van der Waals surface area contributed by atoms with E-state index in [2.05, 4.69) is 10.3 Å². The highest BCUT2D eigenvalue weighted by Crippen LogP contribution is 2.22. The molecule has 112 valence electrons. The van der Waals surface area contributed by atoms with E-state index < -0.39 is 4.92 Å². The van der Waals surface area contributed by atoms with Crippen molar-refractivity contribution >= 4 is 40.8 Å². The molecule has 0 radical (unpaired) electrons. The van der Waals surface area contributed by atoms with Crippen LogP contribution in [0.1, 0.15) is 12.5 Å². The molecule has 7 heteroatoms. The van der Waals surface area contributed by atoms with Crippen molar-refractivity contribution in [1.82, 2.24) is 0 Å². The number of halogens is 1. The number of aliphatic imine (C=N–C) groups is 1. The molecule has 0 aliphatic rings. The smallest absolute Gasteiger partial charge is 0.270 e. The number of nitro benzene ring substituents is 1. The molecule has 22 heavy (non-hydrogen) atoms. The predicted octanol–water partition coefficient (Wildman–Crippen LogP) is 3.96. The highest BCUT2D eigenvalue weighted by Gasteiger charge is 2.08. The first-order chi connectivity index (χ1) is 10.5. The summed E-state index contributed by atoms with van der Waals surface area (Å²) in [6, 6.07) is 11.0. The maximum Gasteiger partial charge on any atom is 0.270 e. The summed E-state index contributed by atoms with van der Waals surface area (Å²) in [7, 11) is 0. The summed E-state index contributed by atoms with van der Waals surface area (Å²) in [5, 5.41) is 13.8. The first kappa shape index (κ1) is 15.7. The number of hydrogen-bond acceptors (Lipinski definition) is 4. The minimum Gasteiger partial charge on any atom is -0.326 e. The number of nitro groups is 1. The maximum atomic E-state index is 10.9. The molecular weight excluding hydrogens is 306 g/mol. The molecule has 2 aromatic carbocycles. The van der Waals surface area contributed by atoms with Crippen LogP contribution in [0, 0.1) is 10.1 Å². The summed E-state index contributed by atoms with van der Waals surface area (Å²) < 4.78 is 0. The van der Waals surface area contributed by atoms with Crippen molar-refractivity contribution in [3.8, 4) is 0 Å². The van der Waals surface area contributed by atoms with Crippen LogP contribution in [0.5, 0.6) is 0 Å². The molecule has 0 atom stereocenters. The normalized spacial score (nSPS) is 10.6. The maximum absolute atomic E-state index is 10.9. The Morgan fingerprint density at radius 2 is 1.95 bits per heavy atom. The topological polar surface area (TPSA) is 84.6 Å². The lowest BCUT2D eigenvalue weighted by atomic mass is 10.2. The van der Waals surface area contributed by atoms with Gasteiger partial charge in [-0.25, -0.2) is 0 Å². The van der Waals surface area contributed by atoms with Gasteiger partial charge in [-0.1, -0.05) is 11.6 Å². The van der Waals surface area contributed by atoms with Crippen molar-refractivity contribution in [2.24, 2.45) is 4.99 Å². The zero-order valence-electron chi connectivity index (χ0n) is 11.6. The van der Waals surface area contributed by atoms with E-state index >= 15 is 0 Å². The van der Waals surface area contributed by atoms with E-state index in [1.54, 1.807) is 24.3 Å². The van der Waals surface area contributed by atoms with Crippen LogP contribution in [-0.4, -0.2) is 17.0 Å². The number of hydrogen-bond donors (Lipinski definition) is 1. The highest BCUT2D eigenvalue weighted by atomic mass is 35.5. The van der Waals surface area contributed by atoms with Gasteiger partial charge in [0.2, 0.25) is 5.91 Å². The van der Waals surface area contributed by atoms with E-state index in [0.717, 1.165) is 0 Å². The number of nitrogens with zero attached hydrogens (tertiary/aromatic N) is 2. The average molecular weight is 318 g/mol. The van der Waals surface area contributed by atoms with Crippen LogP contribution in [0.2, 0.25) is 5.02 Å². The van der Waals surface area contributed by atoms with E-state index in [4.69, 9.17) is 11.6 Å². The van der Waals surface area contributed by atoms with E-state index in [0.29, 0.717) is 22.0 Å². The van der Waals surface area contributed by atoms with Crippen molar-refractivity contribution in [3.05, 3.63) is 63.2 Å². The number of carbonyl (C=O) groups is 1. The van der Waals surface area contributed by atoms with E-state index in [-0.39, 0.29) is 11.6 Å². The van der Waals surface area contributed by atoms with Crippen molar-refractivity contribution in [2.45, 2.75) is 6.92 Å². The highest BCUT2D eigenvalue weighted by molar-refractivity contribution is 6.33. The van der Waals surface area contributed by atoms with Gasteiger partial charge in [-0.15, -0.1) is 0 Å². The average Bonchev–Trinajstić information content (AvgIpc) is 2.47. The summed E-state index contributed by atoms with van der Waals surface area (Å²) in [5.74, 6) is -0.153. The molecule has 0 spiro atoms. The van der Waals surface area contributed by atoms with E-state index in [1.807, 2.05) is 0 Å². The molecule has 0 aliphatic heterocycles. The summed E-state index contributed by atoms with van der Waals surface area (Å²) in [6.45, 7) is 1.43. The van der Waals surface area contributed by atoms with Gasteiger partial charge in [0.05, 0.1) is 10.6 Å². The Morgan fingerprint density at radius 3 is 2.55 bits per heavy atom. The number of carbonyl (C=O) groups excluding carboxylic acids is 1. The lowest BCUT2D eigenvalue weighted by Gasteiger charge is -2.02. The second-order valence-corrected chi connectivity index (χ2v) is 4.86. The van der Waals surface area contributed by atoms with Crippen LogP contribution in [-0.2, 0) is 4.79 Å². The van der Waals surface area contributed by atoms with E-state index in [9.17, 15) is 14.9 Å². The zero-order chi connectivity index (χ0) is 16.1. The summed E-state index contributed by atoms with van der Waals surface area (Å²) in [6.07, 6.45) is 1.46. The van der Waals surface area contributed by atoms with Crippen LogP contribution < -0.4 is 5.32 Å². The molecule has 0 aromatic heterocycles. The molecule has 0 aliphatic carbocycles. The zero-order valence-corrected chi connectivity index (χ0v) is 12.4. The van der Waals surface area contributed by atoms with E-state index in [1.165, 1.54) is 31.3 Å². The molecule has 6 nitrogen and oxygen atoms in total. The Hall–Kier alpha value is -2.73. The minimum atomic E-state index is -0.490. The molecule has 0 bridgehead atoms. The fraction of sp³-hybridized carbons (Fsp3) is 0.0667. The lowest BCUT2D eigenvalue weighted by Crippen LogP contribution is -2.04. The third kappa shape index (κ3) is 4.13. The van der Waals surface area contributed by atoms with Gasteiger partial charge in [-0.3, -0.25) is 19.9 Å². The molecule has 2 rings (SSSR count). The largest absolute Gasteiger partial charge is 0.326 e. The fourth-order valence-electron chi connectivity index (χ4n) is 1.72. The van der Waals surface area contributed by atoms with Gasteiger partial charge in [0.1, 0.15) is 0 Å². The molecule has 0 fully saturated rings. The third-order valence-electron chi connectivity index (χ3n) is 2.73. The summed E-state index contributed by atoms with van der Waals surface area (Å²) in [4.78, 5) is 25.4. The third-order valence-corrected chi connectivity index (χ3v) is 3.07. The Labute approximate surface area is 131 Å². The SMILES string of the molecule is CC(=O)Nc1ccc(N=Cc2cc([N+](=O)[O-])ccc2Cl)cc1. The monoisotopic (exact) mass is 317 g/mol.